The first-order valence-electron chi connectivity index (χ1n) is 9.99. The molecule has 1 unspecified atom stereocenters. The molecular weight excluding hydrogens is 360 g/mol. The molecule has 134 valence electrons. The normalized spacial score (nSPS) is 17.4. The summed E-state index contributed by atoms with van der Waals surface area (Å²) in [5, 5.41) is 3.88. The molecular formula is C26H18OS. The fraction of sp³-hybridized carbons (Fsp3) is 0.154. The summed E-state index contributed by atoms with van der Waals surface area (Å²) in [6.07, 6.45) is 7.00. The first-order chi connectivity index (χ1) is 13.8. The number of para-hydroxylation sites is 1. The number of benzene rings is 3. The van der Waals surface area contributed by atoms with Crippen LogP contribution in [0.2, 0.25) is 0 Å². The molecule has 0 spiro atoms. The van der Waals surface area contributed by atoms with E-state index >= 15 is 0 Å². The van der Waals surface area contributed by atoms with E-state index in [1.54, 1.807) is 4.88 Å². The van der Waals surface area contributed by atoms with Gasteiger partial charge in [0.1, 0.15) is 11.2 Å². The number of aryl methyl sites for hydroxylation is 1. The van der Waals surface area contributed by atoms with Crippen molar-refractivity contribution < 1.29 is 4.42 Å². The molecule has 2 heteroatoms. The van der Waals surface area contributed by atoms with E-state index in [0.29, 0.717) is 5.92 Å². The maximum atomic E-state index is 6.18. The lowest BCUT2D eigenvalue weighted by Gasteiger charge is -2.08. The highest BCUT2D eigenvalue weighted by molar-refractivity contribution is 7.19. The number of thiophene rings is 1. The van der Waals surface area contributed by atoms with Crippen LogP contribution in [0.5, 0.6) is 0 Å². The molecule has 7 rings (SSSR count). The largest absolute Gasteiger partial charge is 0.456 e. The van der Waals surface area contributed by atoms with Gasteiger partial charge in [-0.15, -0.1) is 11.3 Å². The van der Waals surface area contributed by atoms with Gasteiger partial charge in [-0.3, -0.25) is 0 Å². The standard InChI is InChI=1S/C26H18OS/c1-14-17-10-21-15-6-2-4-8-23(15)27-24(21)12-19(17)20-13-26-22(11-18(14)20)16-7-3-5-9-25(16)28-26/h2-4,6-8,10-14H,5,9H2,1H3. The third-order valence-electron chi connectivity index (χ3n) is 6.57. The fourth-order valence-electron chi connectivity index (χ4n) is 5.15. The van der Waals surface area contributed by atoms with Gasteiger partial charge in [0.25, 0.3) is 0 Å². The zero-order valence-electron chi connectivity index (χ0n) is 15.6. The molecule has 0 bridgehead atoms. The highest BCUT2D eigenvalue weighted by Crippen LogP contribution is 2.50. The number of furan rings is 1. The molecule has 0 aliphatic heterocycles. The summed E-state index contributed by atoms with van der Waals surface area (Å²) in [7, 11) is 0. The second-order valence-electron chi connectivity index (χ2n) is 8.07. The van der Waals surface area contributed by atoms with E-state index in [2.05, 4.69) is 61.5 Å². The summed E-state index contributed by atoms with van der Waals surface area (Å²) in [4.78, 5) is 1.54. The maximum Gasteiger partial charge on any atom is 0.136 e. The van der Waals surface area contributed by atoms with Crippen molar-refractivity contribution in [3.63, 3.8) is 0 Å². The summed E-state index contributed by atoms with van der Waals surface area (Å²) >= 11 is 1.97. The summed E-state index contributed by atoms with van der Waals surface area (Å²) in [6.45, 7) is 2.35. The van der Waals surface area contributed by atoms with Crippen molar-refractivity contribution in [2.75, 3.05) is 0 Å². The number of allylic oxidation sites excluding steroid dienone is 1. The Morgan fingerprint density at radius 3 is 2.64 bits per heavy atom. The minimum absolute atomic E-state index is 0.413. The Hall–Kier alpha value is -2.84. The first kappa shape index (κ1) is 15.1. The van der Waals surface area contributed by atoms with Crippen molar-refractivity contribution in [1.82, 2.24) is 0 Å². The Morgan fingerprint density at radius 2 is 1.71 bits per heavy atom. The summed E-state index contributed by atoms with van der Waals surface area (Å²) in [5.41, 5.74) is 9.04. The average molecular weight is 378 g/mol. The number of fused-ring (bicyclic) bond motifs is 9. The predicted octanol–water partition coefficient (Wildman–Crippen LogP) is 7.89. The zero-order valence-corrected chi connectivity index (χ0v) is 16.4. The Balaban J connectivity index is 1.53. The minimum atomic E-state index is 0.413. The third kappa shape index (κ3) is 1.81. The van der Waals surface area contributed by atoms with Gasteiger partial charge in [-0.25, -0.2) is 0 Å². The predicted molar refractivity (Wildman–Crippen MR) is 119 cm³/mol. The molecule has 2 heterocycles. The summed E-state index contributed by atoms with van der Waals surface area (Å²) in [6, 6.07) is 17.9. The Morgan fingerprint density at radius 1 is 0.893 bits per heavy atom. The second-order valence-corrected chi connectivity index (χ2v) is 9.21. The van der Waals surface area contributed by atoms with Gasteiger partial charge in [0.15, 0.2) is 0 Å². The van der Waals surface area contributed by atoms with Gasteiger partial charge in [0, 0.05) is 31.7 Å². The number of hydrogen-bond acceptors (Lipinski definition) is 2. The van der Waals surface area contributed by atoms with Crippen LogP contribution in [0.15, 0.2) is 59.0 Å². The SMILES string of the molecule is CC1c2cc3c4c(sc3cc2-c2cc3oc5ccccc5c3cc21)CCC=C4. The quantitative estimate of drug-likeness (QED) is 0.267. The number of rotatable bonds is 0. The van der Waals surface area contributed by atoms with Gasteiger partial charge >= 0.3 is 0 Å². The molecule has 3 aromatic carbocycles. The smallest absolute Gasteiger partial charge is 0.136 e. The van der Waals surface area contributed by atoms with Crippen LogP contribution in [0.1, 0.15) is 40.8 Å². The van der Waals surface area contributed by atoms with Gasteiger partial charge < -0.3 is 4.42 Å². The lowest BCUT2D eigenvalue weighted by atomic mass is 9.95. The summed E-state index contributed by atoms with van der Waals surface area (Å²) < 4.78 is 7.59. The van der Waals surface area contributed by atoms with Gasteiger partial charge in [0.2, 0.25) is 0 Å². The Bertz CT molecular complexity index is 1480. The molecule has 28 heavy (non-hydrogen) atoms. The van der Waals surface area contributed by atoms with E-state index in [1.165, 1.54) is 61.5 Å². The van der Waals surface area contributed by atoms with E-state index in [9.17, 15) is 0 Å². The van der Waals surface area contributed by atoms with E-state index in [4.69, 9.17) is 4.42 Å². The van der Waals surface area contributed by atoms with Crippen molar-refractivity contribution in [3.05, 3.63) is 76.2 Å². The van der Waals surface area contributed by atoms with Crippen LogP contribution in [0.25, 0.3) is 49.2 Å². The van der Waals surface area contributed by atoms with Crippen LogP contribution in [0.3, 0.4) is 0 Å². The molecule has 0 saturated heterocycles. The van der Waals surface area contributed by atoms with E-state index in [1.807, 2.05) is 17.4 Å². The highest BCUT2D eigenvalue weighted by Gasteiger charge is 2.28. The van der Waals surface area contributed by atoms with Gasteiger partial charge in [-0.05, 0) is 71.0 Å². The average Bonchev–Trinajstić information content (AvgIpc) is 3.35. The molecule has 2 aromatic heterocycles. The fourth-order valence-corrected chi connectivity index (χ4v) is 6.38. The molecule has 0 saturated carbocycles. The van der Waals surface area contributed by atoms with Crippen molar-refractivity contribution in [2.24, 2.45) is 0 Å². The maximum absolute atomic E-state index is 6.18. The van der Waals surface area contributed by atoms with Crippen molar-refractivity contribution in [2.45, 2.75) is 25.7 Å². The minimum Gasteiger partial charge on any atom is -0.456 e. The van der Waals surface area contributed by atoms with Crippen LogP contribution in [-0.4, -0.2) is 0 Å². The van der Waals surface area contributed by atoms with E-state index in [0.717, 1.165) is 11.2 Å². The van der Waals surface area contributed by atoms with Crippen LogP contribution in [0, 0.1) is 0 Å². The van der Waals surface area contributed by atoms with Gasteiger partial charge in [0.05, 0.1) is 0 Å². The zero-order chi connectivity index (χ0) is 18.4. The first-order valence-corrected chi connectivity index (χ1v) is 10.8. The molecule has 0 fully saturated rings. The molecule has 2 aliphatic rings. The number of hydrogen-bond donors (Lipinski definition) is 0. The molecule has 2 aliphatic carbocycles. The van der Waals surface area contributed by atoms with Crippen LogP contribution < -0.4 is 0 Å². The van der Waals surface area contributed by atoms with Crippen molar-refractivity contribution in [1.29, 1.82) is 0 Å². The molecule has 0 radical (unpaired) electrons. The van der Waals surface area contributed by atoms with E-state index in [-0.39, 0.29) is 0 Å². The van der Waals surface area contributed by atoms with Gasteiger partial charge in [-0.2, -0.15) is 0 Å². The van der Waals surface area contributed by atoms with Crippen LogP contribution in [0.4, 0.5) is 0 Å². The molecule has 5 aromatic rings. The molecule has 0 N–H and O–H groups in total. The Labute approximate surface area is 166 Å². The Kier molecular flexibility index (Phi) is 2.78. The van der Waals surface area contributed by atoms with Crippen LogP contribution >= 0.6 is 11.3 Å². The van der Waals surface area contributed by atoms with Crippen molar-refractivity contribution >= 4 is 49.4 Å². The highest BCUT2D eigenvalue weighted by atomic mass is 32.1. The molecule has 1 nitrogen and oxygen atoms in total. The molecule has 0 amide bonds. The second kappa shape index (κ2) is 5.15. The van der Waals surface area contributed by atoms with Gasteiger partial charge in [-0.1, -0.05) is 37.3 Å². The van der Waals surface area contributed by atoms with E-state index < -0.39 is 0 Å². The lowest BCUT2D eigenvalue weighted by molar-refractivity contribution is 0.669. The monoisotopic (exact) mass is 378 g/mol. The lowest BCUT2D eigenvalue weighted by Crippen LogP contribution is -1.90. The molecule has 1 atom stereocenters. The van der Waals surface area contributed by atoms with Crippen molar-refractivity contribution in [3.8, 4) is 11.1 Å². The summed E-state index contributed by atoms with van der Waals surface area (Å²) in [5.74, 6) is 0.413. The van der Waals surface area contributed by atoms with Crippen LogP contribution in [-0.2, 0) is 6.42 Å². The third-order valence-corrected chi connectivity index (χ3v) is 7.80. The topological polar surface area (TPSA) is 13.1 Å².